The number of rotatable bonds is 3. The number of hydrogen-bond acceptors (Lipinski definition) is 4. The summed E-state index contributed by atoms with van der Waals surface area (Å²) < 4.78 is 7.72. The third-order valence-corrected chi connectivity index (χ3v) is 5.93. The Hall–Kier alpha value is -2.38. The van der Waals surface area contributed by atoms with Crippen LogP contribution < -0.4 is 11.1 Å². The molecule has 2 fully saturated rings. The lowest BCUT2D eigenvalue weighted by molar-refractivity contribution is -0.0468. The van der Waals surface area contributed by atoms with Gasteiger partial charge in [-0.25, -0.2) is 4.79 Å². The lowest BCUT2D eigenvalue weighted by Gasteiger charge is -2.40. The van der Waals surface area contributed by atoms with Gasteiger partial charge < -0.3 is 20.7 Å². The molecule has 2 aliphatic heterocycles. The molecule has 7 nitrogen and oxygen atoms in total. The van der Waals surface area contributed by atoms with Crippen LogP contribution >= 0.6 is 0 Å². The summed E-state index contributed by atoms with van der Waals surface area (Å²) in [6.45, 7) is 2.26. The molecule has 1 aromatic carbocycles. The summed E-state index contributed by atoms with van der Waals surface area (Å²) in [4.78, 5) is 14.7. The van der Waals surface area contributed by atoms with E-state index in [4.69, 9.17) is 10.5 Å². The third-order valence-electron chi connectivity index (χ3n) is 5.93. The van der Waals surface area contributed by atoms with Crippen molar-refractivity contribution < 1.29 is 9.53 Å². The van der Waals surface area contributed by atoms with Gasteiger partial charge in [-0.05, 0) is 31.6 Å². The van der Waals surface area contributed by atoms with Crippen LogP contribution in [0.1, 0.15) is 25.7 Å². The smallest absolute Gasteiger partial charge is 0.321 e. The normalized spacial score (nSPS) is 23.6. The Morgan fingerprint density at radius 2 is 1.96 bits per heavy atom. The summed E-state index contributed by atoms with van der Waals surface area (Å²) >= 11 is 0. The van der Waals surface area contributed by atoms with Gasteiger partial charge in [0.15, 0.2) is 0 Å². The van der Waals surface area contributed by atoms with Crippen molar-refractivity contribution in [2.24, 2.45) is 18.7 Å². The number of benzene rings is 1. The fraction of sp³-hybridized carbons (Fsp3) is 0.524. The Kier molecular flexibility index (Phi) is 5.64. The van der Waals surface area contributed by atoms with Crippen molar-refractivity contribution in [1.82, 2.24) is 14.7 Å². The van der Waals surface area contributed by atoms with Crippen molar-refractivity contribution in [2.45, 2.75) is 37.8 Å². The topological polar surface area (TPSA) is 85.4 Å². The highest BCUT2D eigenvalue weighted by molar-refractivity contribution is 5.93. The predicted molar refractivity (Wildman–Crippen MR) is 109 cm³/mol. The zero-order valence-electron chi connectivity index (χ0n) is 16.4. The molecule has 0 aliphatic carbocycles. The molecule has 0 radical (unpaired) electrons. The van der Waals surface area contributed by atoms with E-state index in [9.17, 15) is 4.79 Å². The molecule has 2 saturated heterocycles. The van der Waals surface area contributed by atoms with E-state index in [2.05, 4.69) is 10.4 Å². The van der Waals surface area contributed by atoms with Gasteiger partial charge in [0.2, 0.25) is 0 Å². The molecular weight excluding hydrogens is 354 g/mol. The molecule has 2 unspecified atom stereocenters. The minimum absolute atomic E-state index is 0.0718. The molecule has 28 heavy (non-hydrogen) atoms. The molecule has 7 heteroatoms. The number of ether oxygens (including phenoxy) is 1. The van der Waals surface area contributed by atoms with E-state index in [1.807, 2.05) is 42.3 Å². The quantitative estimate of drug-likeness (QED) is 0.853. The molecule has 2 aliphatic rings. The van der Waals surface area contributed by atoms with Crippen LogP contribution in [0.5, 0.6) is 0 Å². The zero-order valence-corrected chi connectivity index (χ0v) is 16.4. The first-order chi connectivity index (χ1) is 13.6. The first-order valence-electron chi connectivity index (χ1n) is 10.1. The van der Waals surface area contributed by atoms with E-state index in [0.717, 1.165) is 62.3 Å². The van der Waals surface area contributed by atoms with E-state index in [0.29, 0.717) is 5.92 Å². The number of nitrogens with one attached hydrogen (secondary N) is 1. The Bertz CT molecular complexity index is 798. The number of amides is 2. The second-order valence-corrected chi connectivity index (χ2v) is 7.79. The number of anilines is 1. The summed E-state index contributed by atoms with van der Waals surface area (Å²) in [7, 11) is 1.89. The van der Waals surface area contributed by atoms with Crippen LogP contribution in [0, 0.1) is 5.92 Å². The second-order valence-electron chi connectivity index (χ2n) is 7.79. The van der Waals surface area contributed by atoms with Crippen LogP contribution in [0.4, 0.5) is 10.5 Å². The molecule has 150 valence electrons. The predicted octanol–water partition coefficient (Wildman–Crippen LogP) is 2.84. The lowest BCUT2D eigenvalue weighted by Crippen LogP contribution is -2.50. The maximum atomic E-state index is 12.8. The first-order valence-corrected chi connectivity index (χ1v) is 10.1. The van der Waals surface area contributed by atoms with Crippen LogP contribution in [-0.4, -0.2) is 52.6 Å². The number of aryl methyl sites for hydroxylation is 1. The number of nitrogens with zero attached hydrogens (tertiary/aromatic N) is 3. The maximum absolute atomic E-state index is 12.8. The summed E-state index contributed by atoms with van der Waals surface area (Å²) in [5.74, 6) is 0.442. The molecule has 3 heterocycles. The number of urea groups is 1. The fourth-order valence-electron chi connectivity index (χ4n) is 4.40. The molecule has 2 aromatic rings. The summed E-state index contributed by atoms with van der Waals surface area (Å²) in [5.41, 5.74) is 8.92. The lowest BCUT2D eigenvalue weighted by atomic mass is 9.85. The average molecular weight is 383 g/mol. The Morgan fingerprint density at radius 1 is 1.21 bits per heavy atom. The summed E-state index contributed by atoms with van der Waals surface area (Å²) in [6, 6.07) is 10.0. The van der Waals surface area contributed by atoms with Crippen molar-refractivity contribution in [3.05, 3.63) is 36.5 Å². The van der Waals surface area contributed by atoms with Gasteiger partial charge in [0.05, 0.1) is 23.7 Å². The van der Waals surface area contributed by atoms with Gasteiger partial charge in [-0.3, -0.25) is 4.68 Å². The Labute approximate surface area is 165 Å². The van der Waals surface area contributed by atoms with Gasteiger partial charge in [-0.1, -0.05) is 30.3 Å². The fourth-order valence-corrected chi connectivity index (χ4v) is 4.40. The van der Waals surface area contributed by atoms with Gasteiger partial charge in [0.25, 0.3) is 0 Å². The molecule has 0 saturated carbocycles. The number of likely N-dealkylation sites (tertiary alicyclic amines) is 1. The van der Waals surface area contributed by atoms with Gasteiger partial charge >= 0.3 is 6.03 Å². The largest absolute Gasteiger partial charge is 0.376 e. The van der Waals surface area contributed by atoms with E-state index < -0.39 is 0 Å². The van der Waals surface area contributed by atoms with E-state index in [-0.39, 0.29) is 18.2 Å². The number of carbonyl (C=O) groups is 1. The SMILES string of the molecule is Cn1ncc(NC(=O)N2CCC(C3OCCCC3N)CC2)c1-c1ccccc1. The van der Waals surface area contributed by atoms with E-state index in [1.165, 1.54) is 0 Å². The highest BCUT2D eigenvalue weighted by Gasteiger charge is 2.34. The van der Waals surface area contributed by atoms with Crippen molar-refractivity contribution in [3.8, 4) is 11.3 Å². The molecular formula is C21H29N5O2. The van der Waals surface area contributed by atoms with Gasteiger partial charge in [-0.2, -0.15) is 5.10 Å². The van der Waals surface area contributed by atoms with Crippen molar-refractivity contribution in [3.63, 3.8) is 0 Å². The van der Waals surface area contributed by atoms with Crippen molar-refractivity contribution in [1.29, 1.82) is 0 Å². The minimum atomic E-state index is -0.0718. The van der Waals surface area contributed by atoms with Gasteiger partial charge in [0, 0.05) is 38.3 Å². The van der Waals surface area contributed by atoms with Crippen molar-refractivity contribution >= 4 is 11.7 Å². The van der Waals surface area contributed by atoms with Crippen molar-refractivity contribution in [2.75, 3.05) is 25.0 Å². The van der Waals surface area contributed by atoms with Crippen LogP contribution in [0.15, 0.2) is 36.5 Å². The van der Waals surface area contributed by atoms with Gasteiger partial charge in [-0.15, -0.1) is 0 Å². The minimum Gasteiger partial charge on any atom is -0.376 e. The number of aromatic nitrogens is 2. The van der Waals surface area contributed by atoms with Crippen LogP contribution in [0.3, 0.4) is 0 Å². The molecule has 4 rings (SSSR count). The number of nitrogens with two attached hydrogens (primary N) is 1. The monoisotopic (exact) mass is 383 g/mol. The standard InChI is InChI=1S/C21H29N5O2/c1-25-19(15-6-3-2-4-7-15)18(14-23-25)24-21(27)26-11-9-16(10-12-26)20-17(22)8-5-13-28-20/h2-4,6-7,14,16-17,20H,5,8-13,22H2,1H3,(H,24,27). The second kappa shape index (κ2) is 8.32. The Balaban J connectivity index is 1.38. The third kappa shape index (κ3) is 3.91. The molecule has 1 aromatic heterocycles. The molecule has 3 N–H and O–H groups in total. The highest BCUT2D eigenvalue weighted by Crippen LogP contribution is 2.30. The summed E-state index contributed by atoms with van der Waals surface area (Å²) in [5, 5.41) is 7.38. The molecule has 0 spiro atoms. The Morgan fingerprint density at radius 3 is 2.68 bits per heavy atom. The van der Waals surface area contributed by atoms with Gasteiger partial charge in [0.1, 0.15) is 0 Å². The van der Waals surface area contributed by atoms with E-state index >= 15 is 0 Å². The first kappa shape index (κ1) is 19.0. The maximum Gasteiger partial charge on any atom is 0.321 e. The van der Waals surface area contributed by atoms with Crippen LogP contribution in [0.2, 0.25) is 0 Å². The number of carbonyl (C=O) groups excluding carboxylic acids is 1. The van der Waals surface area contributed by atoms with Crippen LogP contribution in [0.25, 0.3) is 11.3 Å². The number of hydrogen-bond donors (Lipinski definition) is 2. The highest BCUT2D eigenvalue weighted by atomic mass is 16.5. The molecule has 2 atom stereocenters. The summed E-state index contributed by atoms with van der Waals surface area (Å²) in [6.07, 6.45) is 5.81. The van der Waals surface area contributed by atoms with E-state index in [1.54, 1.807) is 10.9 Å². The van der Waals surface area contributed by atoms with Crippen LogP contribution in [-0.2, 0) is 11.8 Å². The molecule has 2 amide bonds. The molecule has 0 bridgehead atoms. The average Bonchev–Trinajstić information content (AvgIpc) is 3.09. The zero-order chi connectivity index (χ0) is 19.5. The number of piperidine rings is 1.